The highest BCUT2D eigenvalue weighted by molar-refractivity contribution is 9.10. The molecule has 0 atom stereocenters. The van der Waals surface area contributed by atoms with Gasteiger partial charge in [-0.25, -0.2) is 15.5 Å². The molecule has 0 aliphatic heterocycles. The van der Waals surface area contributed by atoms with Crippen molar-refractivity contribution in [2.75, 3.05) is 5.43 Å². The molecule has 0 bridgehead atoms. The predicted octanol–water partition coefficient (Wildman–Crippen LogP) is 2.33. The van der Waals surface area contributed by atoms with Crippen molar-refractivity contribution >= 4 is 21.7 Å². The number of pyridine rings is 1. The minimum Gasteiger partial charge on any atom is -0.308 e. The van der Waals surface area contributed by atoms with E-state index >= 15 is 0 Å². The Balaban J connectivity index is 2.54. The lowest BCUT2D eigenvalue weighted by molar-refractivity contribution is -0.137. The molecule has 3 N–H and O–H groups in total. The van der Waals surface area contributed by atoms with Crippen LogP contribution < -0.4 is 11.3 Å². The van der Waals surface area contributed by atoms with Gasteiger partial charge in [-0.05, 0) is 28.1 Å². The van der Waals surface area contributed by atoms with Crippen LogP contribution in [0.2, 0.25) is 0 Å². The van der Waals surface area contributed by atoms with Crippen LogP contribution in [0.4, 0.5) is 19.0 Å². The van der Waals surface area contributed by atoms with E-state index in [9.17, 15) is 13.2 Å². The first kappa shape index (κ1) is 12.8. The van der Waals surface area contributed by atoms with Gasteiger partial charge in [-0.15, -0.1) is 0 Å². The Kier molecular flexibility index (Phi) is 3.26. The van der Waals surface area contributed by atoms with Gasteiger partial charge in [-0.3, -0.25) is 0 Å². The molecule has 0 spiro atoms. The number of aromatic nitrogens is 3. The number of hydrogen-bond donors (Lipinski definition) is 2. The molecule has 2 heterocycles. The van der Waals surface area contributed by atoms with E-state index in [1.54, 1.807) is 0 Å². The number of hydrazine groups is 1. The first-order valence-corrected chi connectivity index (χ1v) is 5.46. The summed E-state index contributed by atoms with van der Waals surface area (Å²) < 4.78 is 39.8. The van der Waals surface area contributed by atoms with Crippen molar-refractivity contribution < 1.29 is 13.2 Å². The van der Waals surface area contributed by atoms with Gasteiger partial charge in [0.05, 0.1) is 16.2 Å². The molecule has 2 aromatic rings. The molecule has 0 aromatic carbocycles. The molecule has 9 heteroatoms. The number of nitrogen functional groups attached to an aromatic ring is 1. The van der Waals surface area contributed by atoms with E-state index in [0.29, 0.717) is 4.47 Å². The fraction of sp³-hybridized carbons (Fsp3) is 0.111. The zero-order valence-electron chi connectivity index (χ0n) is 8.74. The summed E-state index contributed by atoms with van der Waals surface area (Å²) in [4.78, 5) is 3.89. The molecule has 0 aliphatic rings. The maximum atomic E-state index is 12.7. The quantitative estimate of drug-likeness (QED) is 0.658. The Hall–Kier alpha value is -1.61. The molecular formula is C9H7BrF3N5. The summed E-state index contributed by atoms with van der Waals surface area (Å²) in [6, 6.07) is 1.71. The molecule has 0 saturated heterocycles. The third-order valence-corrected chi connectivity index (χ3v) is 2.48. The molecule has 96 valence electrons. The molecule has 0 aliphatic carbocycles. The van der Waals surface area contributed by atoms with E-state index in [1.807, 2.05) is 0 Å². The van der Waals surface area contributed by atoms with Crippen LogP contribution in [0.3, 0.4) is 0 Å². The molecule has 0 amide bonds. The van der Waals surface area contributed by atoms with Crippen molar-refractivity contribution in [2.24, 2.45) is 5.84 Å². The third-order valence-electron chi connectivity index (χ3n) is 2.07. The number of hydrogen-bond acceptors (Lipinski definition) is 4. The lowest BCUT2D eigenvalue weighted by atomic mass is 10.2. The van der Waals surface area contributed by atoms with Crippen molar-refractivity contribution in [1.82, 2.24) is 14.8 Å². The zero-order valence-corrected chi connectivity index (χ0v) is 10.3. The maximum Gasteiger partial charge on any atom is 0.416 e. The summed E-state index contributed by atoms with van der Waals surface area (Å²) in [6.45, 7) is 0. The highest BCUT2D eigenvalue weighted by Crippen LogP contribution is 2.31. The summed E-state index contributed by atoms with van der Waals surface area (Å²) in [5, 5.41) is 3.86. The van der Waals surface area contributed by atoms with Gasteiger partial charge in [0.1, 0.15) is 5.82 Å². The van der Waals surface area contributed by atoms with Gasteiger partial charge < -0.3 is 5.43 Å². The van der Waals surface area contributed by atoms with E-state index in [4.69, 9.17) is 5.84 Å². The second-order valence-electron chi connectivity index (χ2n) is 3.34. The van der Waals surface area contributed by atoms with Crippen LogP contribution in [0, 0.1) is 0 Å². The normalized spacial score (nSPS) is 11.6. The number of nitrogens with zero attached hydrogens (tertiary/aromatic N) is 3. The van der Waals surface area contributed by atoms with Gasteiger partial charge in [0.15, 0.2) is 5.82 Å². The van der Waals surface area contributed by atoms with E-state index in [2.05, 4.69) is 31.4 Å². The van der Waals surface area contributed by atoms with Crippen molar-refractivity contribution in [1.29, 1.82) is 0 Å². The molecule has 5 nitrogen and oxygen atoms in total. The van der Waals surface area contributed by atoms with Crippen molar-refractivity contribution in [2.45, 2.75) is 6.18 Å². The van der Waals surface area contributed by atoms with Gasteiger partial charge in [-0.2, -0.15) is 18.3 Å². The van der Waals surface area contributed by atoms with Crippen LogP contribution in [0.1, 0.15) is 5.56 Å². The molecule has 2 aromatic heterocycles. The summed E-state index contributed by atoms with van der Waals surface area (Å²) in [6.07, 6.45) is -1.55. The molecular weight excluding hydrogens is 315 g/mol. The minimum atomic E-state index is -4.48. The zero-order chi connectivity index (χ0) is 13.3. The largest absolute Gasteiger partial charge is 0.416 e. The number of nitrogens with one attached hydrogen (secondary N) is 1. The number of rotatable bonds is 2. The first-order valence-electron chi connectivity index (χ1n) is 4.66. The molecule has 0 saturated carbocycles. The fourth-order valence-electron chi connectivity index (χ4n) is 1.30. The van der Waals surface area contributed by atoms with Crippen LogP contribution in [0.25, 0.3) is 5.82 Å². The monoisotopic (exact) mass is 321 g/mol. The summed E-state index contributed by atoms with van der Waals surface area (Å²) in [5.41, 5.74) is 1.24. The predicted molar refractivity (Wildman–Crippen MR) is 61.9 cm³/mol. The van der Waals surface area contributed by atoms with E-state index in [-0.39, 0.29) is 11.6 Å². The lowest BCUT2D eigenvalue weighted by Crippen LogP contribution is -2.14. The van der Waals surface area contributed by atoms with Gasteiger partial charge in [0.2, 0.25) is 0 Å². The molecule has 0 unspecified atom stereocenters. The van der Waals surface area contributed by atoms with Crippen molar-refractivity contribution in [3.63, 3.8) is 0 Å². The molecule has 0 radical (unpaired) electrons. The number of halogens is 4. The first-order chi connectivity index (χ1) is 8.40. The fourth-order valence-corrected chi connectivity index (χ4v) is 1.58. The topological polar surface area (TPSA) is 68.8 Å². The lowest BCUT2D eigenvalue weighted by Gasteiger charge is -2.10. The Bertz CT molecular complexity index is 566. The minimum absolute atomic E-state index is 0.0171. The van der Waals surface area contributed by atoms with Crippen LogP contribution in [0.15, 0.2) is 29.0 Å². The average molecular weight is 322 g/mol. The smallest absolute Gasteiger partial charge is 0.308 e. The molecule has 2 rings (SSSR count). The Morgan fingerprint density at radius 2 is 2.06 bits per heavy atom. The van der Waals surface area contributed by atoms with Crippen LogP contribution in [-0.2, 0) is 6.18 Å². The summed E-state index contributed by atoms with van der Waals surface area (Å²) in [7, 11) is 0. The summed E-state index contributed by atoms with van der Waals surface area (Å²) in [5.74, 6) is 5.02. The van der Waals surface area contributed by atoms with Crippen LogP contribution >= 0.6 is 15.9 Å². The Morgan fingerprint density at radius 1 is 1.33 bits per heavy atom. The molecule has 18 heavy (non-hydrogen) atoms. The van der Waals surface area contributed by atoms with E-state index in [0.717, 1.165) is 12.1 Å². The number of alkyl halides is 3. The standard InChI is InChI=1S/C9H7BrF3N5/c10-6-3-15-18(4-6)8-2-5(9(11,12)13)1-7(16-8)17-14/h1-4H,14H2,(H,16,17). The number of nitrogens with two attached hydrogens (primary N) is 1. The van der Waals surface area contributed by atoms with Crippen LogP contribution in [-0.4, -0.2) is 14.8 Å². The highest BCUT2D eigenvalue weighted by atomic mass is 79.9. The third kappa shape index (κ3) is 2.62. The maximum absolute atomic E-state index is 12.7. The van der Waals surface area contributed by atoms with E-state index < -0.39 is 11.7 Å². The SMILES string of the molecule is NNc1cc(C(F)(F)F)cc(-n2cc(Br)cn2)n1. The average Bonchev–Trinajstić information content (AvgIpc) is 2.74. The molecule has 0 fully saturated rings. The Labute approximate surface area is 108 Å². The van der Waals surface area contributed by atoms with Crippen molar-refractivity contribution in [3.8, 4) is 5.82 Å². The summed E-state index contributed by atoms with van der Waals surface area (Å²) >= 11 is 3.15. The van der Waals surface area contributed by atoms with E-state index in [1.165, 1.54) is 17.1 Å². The van der Waals surface area contributed by atoms with Crippen LogP contribution in [0.5, 0.6) is 0 Å². The van der Waals surface area contributed by atoms with Gasteiger partial charge >= 0.3 is 6.18 Å². The second kappa shape index (κ2) is 4.58. The second-order valence-corrected chi connectivity index (χ2v) is 4.26. The van der Waals surface area contributed by atoms with Crippen molar-refractivity contribution in [3.05, 3.63) is 34.6 Å². The number of anilines is 1. The highest BCUT2D eigenvalue weighted by Gasteiger charge is 2.31. The Morgan fingerprint density at radius 3 is 2.56 bits per heavy atom. The van der Waals surface area contributed by atoms with Gasteiger partial charge in [-0.1, -0.05) is 0 Å². The van der Waals surface area contributed by atoms with Gasteiger partial charge in [0, 0.05) is 6.20 Å². The van der Waals surface area contributed by atoms with Gasteiger partial charge in [0.25, 0.3) is 0 Å².